The van der Waals surface area contributed by atoms with Gasteiger partial charge in [0.05, 0.1) is 0 Å². The summed E-state index contributed by atoms with van der Waals surface area (Å²) in [5.74, 6) is 2.05. The van der Waals surface area contributed by atoms with E-state index in [2.05, 4.69) is 26.1 Å². The number of nitrogens with one attached hydrogen (secondary N) is 1. The molecule has 0 aliphatic heterocycles. The SMILES string of the molecule is CNC=O.Cc1ccc(C(C)(C)C)o1. The van der Waals surface area contributed by atoms with Gasteiger partial charge in [-0.05, 0) is 19.1 Å². The standard InChI is InChI=1S/C9H14O.C2H5NO/c1-7-5-6-8(10-7)9(2,3)4;1-3-2-4/h5-6H,1-4H3;2H,1H3,(H,3,4). The molecule has 80 valence electrons. The maximum absolute atomic E-state index is 9.06. The molecule has 0 spiro atoms. The van der Waals surface area contributed by atoms with E-state index in [1.54, 1.807) is 7.05 Å². The summed E-state index contributed by atoms with van der Waals surface area (Å²) < 4.78 is 5.45. The zero-order valence-corrected chi connectivity index (χ0v) is 9.55. The normalized spacial score (nSPS) is 10.1. The highest BCUT2D eigenvalue weighted by Crippen LogP contribution is 2.23. The Morgan fingerprint density at radius 1 is 1.36 bits per heavy atom. The molecule has 0 atom stereocenters. The third-order valence-electron chi connectivity index (χ3n) is 1.60. The zero-order chi connectivity index (χ0) is 11.2. The summed E-state index contributed by atoms with van der Waals surface area (Å²) in [4.78, 5) is 9.06. The number of hydrogen-bond donors (Lipinski definition) is 1. The topological polar surface area (TPSA) is 42.2 Å². The molecule has 0 saturated heterocycles. The number of hydrogen-bond acceptors (Lipinski definition) is 2. The Bertz CT molecular complexity index is 271. The van der Waals surface area contributed by atoms with Gasteiger partial charge in [0.1, 0.15) is 11.5 Å². The molecule has 0 saturated carbocycles. The fraction of sp³-hybridized carbons (Fsp3) is 0.545. The second-order valence-electron chi connectivity index (χ2n) is 4.07. The Labute approximate surface area is 85.5 Å². The van der Waals surface area contributed by atoms with Crippen molar-refractivity contribution >= 4 is 6.41 Å². The molecule has 1 aromatic heterocycles. The van der Waals surface area contributed by atoms with Crippen molar-refractivity contribution in [2.75, 3.05) is 7.05 Å². The zero-order valence-electron chi connectivity index (χ0n) is 9.55. The van der Waals surface area contributed by atoms with Crippen molar-refractivity contribution in [3.8, 4) is 0 Å². The van der Waals surface area contributed by atoms with Gasteiger partial charge in [0.2, 0.25) is 6.41 Å². The number of furan rings is 1. The summed E-state index contributed by atoms with van der Waals surface area (Å²) in [6, 6.07) is 4.04. The quantitative estimate of drug-likeness (QED) is 0.701. The second-order valence-corrected chi connectivity index (χ2v) is 4.07. The molecular formula is C11H19NO2. The van der Waals surface area contributed by atoms with Crippen LogP contribution in [0.15, 0.2) is 16.5 Å². The minimum atomic E-state index is 0.147. The number of rotatable bonds is 1. The lowest BCUT2D eigenvalue weighted by molar-refractivity contribution is -0.109. The maximum Gasteiger partial charge on any atom is 0.206 e. The molecule has 3 heteroatoms. The summed E-state index contributed by atoms with van der Waals surface area (Å²) in [5.41, 5.74) is 0.147. The fourth-order valence-electron chi connectivity index (χ4n) is 0.838. The molecule has 0 radical (unpaired) electrons. The molecule has 1 rings (SSSR count). The molecule has 1 N–H and O–H groups in total. The van der Waals surface area contributed by atoms with E-state index in [-0.39, 0.29) is 5.41 Å². The van der Waals surface area contributed by atoms with Crippen molar-refractivity contribution in [3.05, 3.63) is 23.7 Å². The minimum Gasteiger partial charge on any atom is -0.466 e. The van der Waals surface area contributed by atoms with Crippen LogP contribution < -0.4 is 5.32 Å². The minimum absolute atomic E-state index is 0.147. The molecule has 1 aromatic rings. The van der Waals surface area contributed by atoms with Gasteiger partial charge < -0.3 is 9.73 Å². The largest absolute Gasteiger partial charge is 0.466 e. The van der Waals surface area contributed by atoms with Crippen molar-refractivity contribution in [2.24, 2.45) is 0 Å². The van der Waals surface area contributed by atoms with Gasteiger partial charge >= 0.3 is 0 Å². The smallest absolute Gasteiger partial charge is 0.206 e. The summed E-state index contributed by atoms with van der Waals surface area (Å²) in [6.07, 6.45) is 0.625. The van der Waals surface area contributed by atoms with E-state index in [1.807, 2.05) is 19.1 Å². The highest BCUT2D eigenvalue weighted by molar-refractivity contribution is 5.44. The Morgan fingerprint density at radius 3 is 2.00 bits per heavy atom. The highest BCUT2D eigenvalue weighted by atomic mass is 16.3. The van der Waals surface area contributed by atoms with Crippen LogP contribution in [0.3, 0.4) is 0 Å². The van der Waals surface area contributed by atoms with Gasteiger partial charge in [0, 0.05) is 12.5 Å². The predicted molar refractivity (Wildman–Crippen MR) is 57.3 cm³/mol. The lowest BCUT2D eigenvalue weighted by Crippen LogP contribution is -2.08. The fourth-order valence-corrected chi connectivity index (χ4v) is 0.838. The Kier molecular flexibility index (Phi) is 4.99. The molecule has 1 amide bonds. The number of carbonyl (C=O) groups excluding carboxylic acids is 1. The molecule has 0 aliphatic rings. The van der Waals surface area contributed by atoms with Crippen LogP contribution in [0.1, 0.15) is 32.3 Å². The van der Waals surface area contributed by atoms with E-state index in [0.717, 1.165) is 11.5 Å². The van der Waals surface area contributed by atoms with Gasteiger partial charge in [-0.1, -0.05) is 20.8 Å². The molecule has 0 fully saturated rings. The van der Waals surface area contributed by atoms with Crippen molar-refractivity contribution < 1.29 is 9.21 Å². The number of aryl methyl sites for hydroxylation is 1. The number of amides is 1. The number of carbonyl (C=O) groups is 1. The Morgan fingerprint density at radius 2 is 1.86 bits per heavy atom. The highest BCUT2D eigenvalue weighted by Gasteiger charge is 2.16. The average molecular weight is 197 g/mol. The Balaban J connectivity index is 0.000000364. The molecule has 0 aliphatic carbocycles. The van der Waals surface area contributed by atoms with E-state index >= 15 is 0 Å². The summed E-state index contributed by atoms with van der Waals surface area (Å²) in [6.45, 7) is 8.40. The van der Waals surface area contributed by atoms with Crippen molar-refractivity contribution in [2.45, 2.75) is 33.1 Å². The summed E-state index contributed by atoms with van der Waals surface area (Å²) in [7, 11) is 1.56. The van der Waals surface area contributed by atoms with Crippen molar-refractivity contribution in [1.29, 1.82) is 0 Å². The summed E-state index contributed by atoms with van der Waals surface area (Å²) >= 11 is 0. The predicted octanol–water partition coefficient (Wildman–Crippen LogP) is 2.25. The van der Waals surface area contributed by atoms with Crippen LogP contribution in [0.2, 0.25) is 0 Å². The maximum atomic E-state index is 9.06. The first kappa shape index (κ1) is 12.8. The lowest BCUT2D eigenvalue weighted by atomic mass is 9.94. The molecular weight excluding hydrogens is 178 g/mol. The van der Waals surface area contributed by atoms with E-state index in [0.29, 0.717) is 6.41 Å². The van der Waals surface area contributed by atoms with Gasteiger partial charge in [0.15, 0.2) is 0 Å². The van der Waals surface area contributed by atoms with Crippen LogP contribution in [-0.2, 0) is 10.2 Å². The molecule has 1 heterocycles. The van der Waals surface area contributed by atoms with Crippen LogP contribution in [-0.4, -0.2) is 13.5 Å². The van der Waals surface area contributed by atoms with Crippen molar-refractivity contribution in [3.63, 3.8) is 0 Å². The van der Waals surface area contributed by atoms with Crippen LogP contribution in [0, 0.1) is 6.92 Å². The van der Waals surface area contributed by atoms with Crippen LogP contribution >= 0.6 is 0 Å². The van der Waals surface area contributed by atoms with E-state index in [1.165, 1.54) is 0 Å². The van der Waals surface area contributed by atoms with Gasteiger partial charge in [-0.2, -0.15) is 0 Å². The van der Waals surface area contributed by atoms with Gasteiger partial charge in [-0.3, -0.25) is 4.79 Å². The van der Waals surface area contributed by atoms with Crippen LogP contribution in [0.25, 0.3) is 0 Å². The Hall–Kier alpha value is -1.25. The molecule has 0 unspecified atom stereocenters. The first-order valence-electron chi connectivity index (χ1n) is 4.59. The van der Waals surface area contributed by atoms with E-state index in [9.17, 15) is 0 Å². The first-order chi connectivity index (χ1) is 6.41. The van der Waals surface area contributed by atoms with E-state index in [4.69, 9.17) is 9.21 Å². The molecule has 14 heavy (non-hydrogen) atoms. The lowest BCUT2D eigenvalue weighted by Gasteiger charge is -2.13. The van der Waals surface area contributed by atoms with Crippen LogP contribution in [0.5, 0.6) is 0 Å². The van der Waals surface area contributed by atoms with Gasteiger partial charge in [0.25, 0.3) is 0 Å². The van der Waals surface area contributed by atoms with Crippen molar-refractivity contribution in [1.82, 2.24) is 5.32 Å². The molecule has 3 nitrogen and oxygen atoms in total. The monoisotopic (exact) mass is 197 g/mol. The third kappa shape index (κ3) is 4.70. The molecule has 0 aromatic carbocycles. The molecule has 0 bridgehead atoms. The van der Waals surface area contributed by atoms with Gasteiger partial charge in [-0.15, -0.1) is 0 Å². The summed E-state index contributed by atoms with van der Waals surface area (Å²) in [5, 5.41) is 2.25. The average Bonchev–Trinajstić information content (AvgIpc) is 2.51. The van der Waals surface area contributed by atoms with E-state index < -0.39 is 0 Å². The van der Waals surface area contributed by atoms with Gasteiger partial charge in [-0.25, -0.2) is 0 Å². The second kappa shape index (κ2) is 5.47. The van der Waals surface area contributed by atoms with Crippen LogP contribution in [0.4, 0.5) is 0 Å². The first-order valence-corrected chi connectivity index (χ1v) is 4.59. The third-order valence-corrected chi connectivity index (χ3v) is 1.60.